The van der Waals surface area contributed by atoms with E-state index in [0.29, 0.717) is 49.1 Å². The molecule has 0 radical (unpaired) electrons. The van der Waals surface area contributed by atoms with Gasteiger partial charge in [-0.1, -0.05) is 18.2 Å². The Balaban J connectivity index is 1.55. The minimum Gasteiger partial charge on any atom is -0.378 e. The van der Waals surface area contributed by atoms with Gasteiger partial charge in [0.2, 0.25) is 0 Å². The third-order valence-corrected chi connectivity index (χ3v) is 5.26. The predicted octanol–water partition coefficient (Wildman–Crippen LogP) is 2.66. The van der Waals surface area contributed by atoms with Crippen LogP contribution in [-0.2, 0) is 4.74 Å². The van der Waals surface area contributed by atoms with Crippen molar-refractivity contribution in [1.82, 2.24) is 20.1 Å². The van der Waals surface area contributed by atoms with Gasteiger partial charge < -0.3 is 15.0 Å². The normalized spacial score (nSPS) is 13.9. The largest absolute Gasteiger partial charge is 0.378 e. The van der Waals surface area contributed by atoms with Crippen molar-refractivity contribution in [2.45, 2.75) is 13.8 Å². The number of pyridine rings is 1. The van der Waals surface area contributed by atoms with Gasteiger partial charge in [0, 0.05) is 24.8 Å². The van der Waals surface area contributed by atoms with Crippen LogP contribution in [0.2, 0.25) is 0 Å². The lowest BCUT2D eigenvalue weighted by atomic mass is 10.0. The molecule has 1 aliphatic rings. The van der Waals surface area contributed by atoms with Crippen LogP contribution in [0.4, 0.5) is 11.5 Å². The van der Waals surface area contributed by atoms with Crippen LogP contribution < -0.4 is 10.9 Å². The number of ether oxygens (including phenoxy) is 1. The zero-order chi connectivity index (χ0) is 21.1. The second-order valence-corrected chi connectivity index (χ2v) is 7.21. The lowest BCUT2D eigenvalue weighted by Crippen LogP contribution is -2.40. The van der Waals surface area contributed by atoms with E-state index in [1.165, 1.54) is 6.20 Å². The number of amides is 1. The van der Waals surface area contributed by atoms with Crippen molar-refractivity contribution >= 4 is 17.4 Å². The molecule has 154 valence electrons. The van der Waals surface area contributed by atoms with Crippen LogP contribution in [0.3, 0.4) is 0 Å². The maximum atomic E-state index is 12.5. The highest BCUT2D eigenvalue weighted by atomic mass is 16.5. The van der Waals surface area contributed by atoms with E-state index in [1.54, 1.807) is 23.1 Å². The third kappa shape index (κ3) is 4.08. The second kappa shape index (κ2) is 8.46. The summed E-state index contributed by atoms with van der Waals surface area (Å²) in [5, 5.41) is 9.74. The minimum atomic E-state index is -0.348. The van der Waals surface area contributed by atoms with Crippen LogP contribution >= 0.6 is 0 Å². The fraction of sp³-hybridized carbons (Fsp3) is 0.273. The summed E-state index contributed by atoms with van der Waals surface area (Å²) in [6.07, 6.45) is 1.52. The SMILES string of the molecule is Cc1cccc(-c2cc(Nc3ccc(C(=O)N4CCOCC4)cn3)c(=O)[nH]n2)c1C. The molecule has 30 heavy (non-hydrogen) atoms. The van der Waals surface area contributed by atoms with Gasteiger partial charge in [0.05, 0.1) is 24.5 Å². The summed E-state index contributed by atoms with van der Waals surface area (Å²) >= 11 is 0. The Morgan fingerprint density at radius 3 is 2.70 bits per heavy atom. The molecule has 1 saturated heterocycles. The molecule has 0 atom stereocenters. The zero-order valence-corrected chi connectivity index (χ0v) is 16.9. The average Bonchev–Trinajstić information content (AvgIpc) is 2.78. The van der Waals surface area contributed by atoms with E-state index in [2.05, 4.69) is 20.5 Å². The number of morpholine rings is 1. The summed E-state index contributed by atoms with van der Waals surface area (Å²) in [4.78, 5) is 30.8. The van der Waals surface area contributed by atoms with Crippen molar-refractivity contribution in [2.75, 3.05) is 31.6 Å². The number of nitrogens with zero attached hydrogens (tertiary/aromatic N) is 3. The highest BCUT2D eigenvalue weighted by molar-refractivity contribution is 5.94. The number of carbonyl (C=O) groups is 1. The lowest BCUT2D eigenvalue weighted by molar-refractivity contribution is 0.0302. The quantitative estimate of drug-likeness (QED) is 0.692. The van der Waals surface area contributed by atoms with Gasteiger partial charge in [-0.3, -0.25) is 9.59 Å². The van der Waals surface area contributed by atoms with Gasteiger partial charge in [-0.25, -0.2) is 10.1 Å². The van der Waals surface area contributed by atoms with Crippen molar-refractivity contribution in [3.63, 3.8) is 0 Å². The molecule has 8 nitrogen and oxygen atoms in total. The van der Waals surface area contributed by atoms with Gasteiger partial charge in [-0.05, 0) is 43.2 Å². The van der Waals surface area contributed by atoms with Crippen molar-refractivity contribution < 1.29 is 9.53 Å². The second-order valence-electron chi connectivity index (χ2n) is 7.21. The number of rotatable bonds is 4. The van der Waals surface area contributed by atoms with E-state index in [0.717, 1.165) is 16.7 Å². The predicted molar refractivity (Wildman–Crippen MR) is 114 cm³/mol. The van der Waals surface area contributed by atoms with Crippen LogP contribution in [0.1, 0.15) is 21.5 Å². The lowest BCUT2D eigenvalue weighted by Gasteiger charge is -2.26. The van der Waals surface area contributed by atoms with Crippen molar-refractivity contribution in [3.05, 3.63) is 69.6 Å². The van der Waals surface area contributed by atoms with E-state index < -0.39 is 0 Å². The Labute approximate surface area is 173 Å². The molecule has 1 amide bonds. The molecule has 3 heterocycles. The molecular weight excluding hydrogens is 382 g/mol. The number of hydrogen-bond acceptors (Lipinski definition) is 6. The molecule has 0 saturated carbocycles. The molecule has 1 fully saturated rings. The van der Waals surface area contributed by atoms with Crippen molar-refractivity contribution in [2.24, 2.45) is 0 Å². The molecule has 1 aliphatic heterocycles. The third-order valence-electron chi connectivity index (χ3n) is 5.26. The van der Waals surface area contributed by atoms with E-state index in [-0.39, 0.29) is 11.5 Å². The van der Waals surface area contributed by atoms with E-state index >= 15 is 0 Å². The molecule has 2 N–H and O–H groups in total. The van der Waals surface area contributed by atoms with Gasteiger partial charge in [-0.15, -0.1) is 0 Å². The van der Waals surface area contributed by atoms with Gasteiger partial charge in [-0.2, -0.15) is 5.10 Å². The summed E-state index contributed by atoms with van der Waals surface area (Å²) in [7, 11) is 0. The highest BCUT2D eigenvalue weighted by Crippen LogP contribution is 2.24. The van der Waals surface area contributed by atoms with Crippen molar-refractivity contribution in [3.8, 4) is 11.3 Å². The van der Waals surface area contributed by atoms with Crippen molar-refractivity contribution in [1.29, 1.82) is 0 Å². The Kier molecular flexibility index (Phi) is 5.58. The molecule has 3 aromatic rings. The number of anilines is 2. The van der Waals surface area contributed by atoms with Crippen LogP contribution in [0.25, 0.3) is 11.3 Å². The topological polar surface area (TPSA) is 100 Å². The number of nitrogens with one attached hydrogen (secondary N) is 2. The monoisotopic (exact) mass is 405 g/mol. The number of aryl methyl sites for hydroxylation is 1. The Bertz CT molecular complexity index is 1120. The first-order chi connectivity index (χ1) is 14.5. The molecule has 2 aromatic heterocycles. The summed E-state index contributed by atoms with van der Waals surface area (Å²) in [6.45, 7) is 6.31. The maximum absolute atomic E-state index is 12.5. The number of aromatic nitrogens is 3. The molecular formula is C22H23N5O3. The molecule has 0 spiro atoms. The maximum Gasteiger partial charge on any atom is 0.287 e. The van der Waals surface area contributed by atoms with E-state index in [1.807, 2.05) is 32.0 Å². The van der Waals surface area contributed by atoms with Gasteiger partial charge in [0.25, 0.3) is 11.5 Å². The molecule has 0 aliphatic carbocycles. The summed E-state index contributed by atoms with van der Waals surface area (Å²) in [5.41, 5.74) is 4.36. The van der Waals surface area contributed by atoms with Gasteiger partial charge in [0.1, 0.15) is 11.5 Å². The van der Waals surface area contributed by atoms with Crippen LogP contribution in [-0.4, -0.2) is 52.3 Å². The zero-order valence-electron chi connectivity index (χ0n) is 16.9. The molecule has 8 heteroatoms. The first-order valence-electron chi connectivity index (χ1n) is 9.79. The first-order valence-corrected chi connectivity index (χ1v) is 9.79. The number of carbonyl (C=O) groups excluding carboxylic acids is 1. The molecule has 4 rings (SSSR count). The Hall–Kier alpha value is -3.52. The summed E-state index contributed by atoms with van der Waals surface area (Å²) < 4.78 is 5.28. The van der Waals surface area contributed by atoms with Crippen LogP contribution in [0.15, 0.2) is 47.4 Å². The van der Waals surface area contributed by atoms with Gasteiger partial charge >= 0.3 is 0 Å². The smallest absolute Gasteiger partial charge is 0.287 e. The number of aromatic amines is 1. The Morgan fingerprint density at radius 1 is 1.17 bits per heavy atom. The summed E-state index contributed by atoms with van der Waals surface area (Å²) in [5.74, 6) is 0.397. The highest BCUT2D eigenvalue weighted by Gasteiger charge is 2.18. The standard InChI is InChI=1S/C22H23N5O3/c1-14-4-3-5-17(15(14)2)18-12-19(21(28)26-25-18)24-20-7-6-16(13-23-20)22(29)27-8-10-30-11-9-27/h3-7,12-13H,8-11H2,1-2H3,(H,26,28)(H,23,24,25). The fourth-order valence-electron chi connectivity index (χ4n) is 3.35. The van der Waals surface area contributed by atoms with E-state index in [4.69, 9.17) is 4.74 Å². The number of hydrogen-bond donors (Lipinski definition) is 2. The van der Waals surface area contributed by atoms with Crippen LogP contribution in [0.5, 0.6) is 0 Å². The molecule has 1 aromatic carbocycles. The molecule has 0 bridgehead atoms. The fourth-order valence-corrected chi connectivity index (χ4v) is 3.35. The Morgan fingerprint density at radius 2 is 1.97 bits per heavy atom. The minimum absolute atomic E-state index is 0.0729. The molecule has 0 unspecified atom stereocenters. The average molecular weight is 405 g/mol. The first kappa shape index (κ1) is 19.8. The summed E-state index contributed by atoms with van der Waals surface area (Å²) in [6, 6.07) is 11.1. The van der Waals surface area contributed by atoms with Gasteiger partial charge in [0.15, 0.2) is 0 Å². The van der Waals surface area contributed by atoms with Crippen LogP contribution in [0, 0.1) is 13.8 Å². The number of H-pyrrole nitrogens is 1. The number of benzene rings is 1. The van der Waals surface area contributed by atoms with E-state index in [9.17, 15) is 9.59 Å².